The molecule has 0 radical (unpaired) electrons. The van der Waals surface area contributed by atoms with Gasteiger partial charge in [0.05, 0.1) is 0 Å². The van der Waals surface area contributed by atoms with Gasteiger partial charge in [0.15, 0.2) is 0 Å². The van der Waals surface area contributed by atoms with Crippen LogP contribution >= 0.6 is 28.8 Å². The fourth-order valence-corrected chi connectivity index (χ4v) is 2.72. The first kappa shape index (κ1) is 19.6. The molecule has 108 valence electrons. The smallest absolute Gasteiger partial charge is 0 e. The van der Waals surface area contributed by atoms with Crippen LogP contribution in [-0.2, 0) is 45.9 Å². The van der Waals surface area contributed by atoms with Gasteiger partial charge < -0.3 is 0 Å². The van der Waals surface area contributed by atoms with Crippen molar-refractivity contribution in [3.8, 4) is 0 Å². The van der Waals surface area contributed by atoms with Crippen molar-refractivity contribution in [2.24, 2.45) is 0 Å². The van der Waals surface area contributed by atoms with Crippen molar-refractivity contribution in [1.29, 1.82) is 0 Å². The summed E-state index contributed by atoms with van der Waals surface area (Å²) >= 11 is 0.194. The number of halogens is 2. The second kappa shape index (κ2) is 13.6. The van der Waals surface area contributed by atoms with Gasteiger partial charge in [-0.05, 0) is 23.5 Å². The van der Waals surface area contributed by atoms with E-state index < -0.39 is 0 Å². The maximum absolute atomic E-state index is 4.76. The van der Waals surface area contributed by atoms with Crippen LogP contribution in [0, 0.1) is 0 Å². The van der Waals surface area contributed by atoms with Gasteiger partial charge in [-0.2, -0.15) is 0 Å². The fraction of sp³-hybridized carbons (Fsp3) is 0.143. The zero-order chi connectivity index (χ0) is 13.1. The summed E-state index contributed by atoms with van der Waals surface area (Å²) in [5.41, 5.74) is 2.90. The molecule has 0 fully saturated rings. The Labute approximate surface area is 145 Å². The molecule has 19 heavy (non-hydrogen) atoms. The first-order valence-electron chi connectivity index (χ1n) is 5.50. The molecule has 0 atom stereocenters. The van der Waals surface area contributed by atoms with Crippen molar-refractivity contribution in [3.63, 3.8) is 0 Å². The monoisotopic (exact) mass is 446 g/mol. The average molecular weight is 447 g/mol. The molecule has 0 aliphatic rings. The van der Waals surface area contributed by atoms with Crippen molar-refractivity contribution < 1.29 is 33.6 Å². The summed E-state index contributed by atoms with van der Waals surface area (Å²) in [7, 11) is 10.5. The van der Waals surface area contributed by atoms with Gasteiger partial charge in [0.25, 0.3) is 0 Å². The second-order valence-corrected chi connectivity index (χ2v) is 6.66. The summed E-state index contributed by atoms with van der Waals surface area (Å²) in [6.07, 6.45) is 2.41. The van der Waals surface area contributed by atoms with Crippen LogP contribution in [0.25, 0.3) is 0 Å². The molecule has 2 rings (SSSR count). The van der Waals surface area contributed by atoms with E-state index in [1.807, 2.05) is 0 Å². The average Bonchev–Trinajstić information content (AvgIpc) is 2.42. The second-order valence-electron chi connectivity index (χ2n) is 3.63. The van der Waals surface area contributed by atoms with E-state index >= 15 is 0 Å². The molecule has 0 aromatic heterocycles. The summed E-state index contributed by atoms with van der Waals surface area (Å²) in [6, 6.07) is 21.4. The molecule has 0 unspecified atom stereocenters. The number of rotatable bonds is 4. The summed E-state index contributed by atoms with van der Waals surface area (Å²) in [6.45, 7) is 0. The van der Waals surface area contributed by atoms with Gasteiger partial charge in [-0.1, -0.05) is 60.7 Å². The van der Waals surface area contributed by atoms with E-state index in [0.29, 0.717) is 0 Å². The van der Waals surface area contributed by atoms with Gasteiger partial charge in [0.1, 0.15) is 0 Å². The minimum Gasteiger partial charge on any atom is -0.113 e. The third kappa shape index (κ3) is 10.1. The van der Waals surface area contributed by atoms with Gasteiger partial charge in [-0.15, -0.1) is 8.58 Å². The molecule has 0 nitrogen and oxygen atoms in total. The molecule has 0 bridgehead atoms. The van der Waals surface area contributed by atoms with Crippen LogP contribution in [0.1, 0.15) is 11.1 Å². The topological polar surface area (TPSA) is 0 Å². The summed E-state index contributed by atoms with van der Waals surface area (Å²) in [5.74, 6) is 0. The summed E-state index contributed by atoms with van der Waals surface area (Å²) in [5, 5.41) is 0. The van der Waals surface area contributed by atoms with E-state index in [1.165, 1.54) is 23.5 Å². The Kier molecular flexibility index (Phi) is 14.1. The molecule has 0 aliphatic carbocycles. The molecule has 0 saturated heterocycles. The SMILES string of the molecule is [Cl][Fe][Cl].[Pd].c1ccc(CPCc2ccccc2)cc1. The van der Waals surface area contributed by atoms with E-state index in [-0.39, 0.29) is 33.6 Å². The normalized spacial score (nSPS) is 9.16. The maximum Gasteiger partial charge on any atom is 0 e. The van der Waals surface area contributed by atoms with Gasteiger partial charge in [-0.3, -0.25) is 0 Å². The molecule has 5 heteroatoms. The zero-order valence-electron chi connectivity index (χ0n) is 10.1. The Bertz CT molecular complexity index is 375. The molecule has 0 saturated carbocycles. The molecular weight excluding hydrogens is 432 g/mol. The first-order valence-corrected chi connectivity index (χ1v) is 9.96. The Balaban J connectivity index is 0.000000742. The Hall–Kier alpha value is 0.632. The van der Waals surface area contributed by atoms with Crippen molar-refractivity contribution in [1.82, 2.24) is 0 Å². The number of benzene rings is 2. The summed E-state index contributed by atoms with van der Waals surface area (Å²) in [4.78, 5) is 0. The predicted molar refractivity (Wildman–Crippen MR) is 80.3 cm³/mol. The molecule has 2 aromatic carbocycles. The van der Waals surface area contributed by atoms with Crippen LogP contribution < -0.4 is 0 Å². The van der Waals surface area contributed by atoms with Gasteiger partial charge in [0, 0.05) is 20.4 Å². The maximum atomic E-state index is 4.76. The number of hydrogen-bond donors (Lipinski definition) is 0. The van der Waals surface area contributed by atoms with E-state index in [1.54, 1.807) is 0 Å². The van der Waals surface area contributed by atoms with E-state index in [4.69, 9.17) is 20.2 Å². The van der Waals surface area contributed by atoms with Crippen LogP contribution in [0.4, 0.5) is 0 Å². The third-order valence-corrected chi connectivity index (χ3v) is 3.66. The molecule has 0 N–H and O–H groups in total. The number of hydrogen-bond acceptors (Lipinski definition) is 0. The van der Waals surface area contributed by atoms with E-state index in [2.05, 4.69) is 60.7 Å². The van der Waals surface area contributed by atoms with E-state index in [9.17, 15) is 0 Å². The molecule has 0 amide bonds. The van der Waals surface area contributed by atoms with Gasteiger partial charge in [0.2, 0.25) is 0 Å². The zero-order valence-corrected chi connectivity index (χ0v) is 15.3. The minimum absolute atomic E-state index is 0. The quantitative estimate of drug-likeness (QED) is 0.433. The molecule has 0 spiro atoms. The van der Waals surface area contributed by atoms with Crippen LogP contribution in [0.15, 0.2) is 60.7 Å². The summed E-state index contributed by atoms with van der Waals surface area (Å²) < 4.78 is 0. The molecular formula is C14H15Cl2FePPd. The van der Waals surface area contributed by atoms with Crippen molar-refractivity contribution in [2.75, 3.05) is 0 Å². The van der Waals surface area contributed by atoms with Crippen molar-refractivity contribution in [3.05, 3.63) is 71.8 Å². The third-order valence-electron chi connectivity index (χ3n) is 2.34. The Morgan fingerprint density at radius 1 is 0.737 bits per heavy atom. The Morgan fingerprint density at radius 3 is 1.37 bits per heavy atom. The minimum atomic E-state index is 0. The predicted octanol–water partition coefficient (Wildman–Crippen LogP) is 5.44. The standard InChI is InChI=1S/C14H15P.2ClH.Fe.Pd/c1-3-7-13(8-4-1)11-15-12-14-9-5-2-6-10-14;;;;/h1-10,15H,11-12H2;2*1H;;/q;;;+2;/p-2. The molecule has 0 heterocycles. The van der Waals surface area contributed by atoms with Crippen LogP contribution in [-0.4, -0.2) is 0 Å². The Morgan fingerprint density at radius 2 is 1.05 bits per heavy atom. The van der Waals surface area contributed by atoms with Crippen LogP contribution in [0.3, 0.4) is 0 Å². The van der Waals surface area contributed by atoms with Crippen LogP contribution in [0.5, 0.6) is 0 Å². The fourth-order valence-electron chi connectivity index (χ4n) is 1.54. The van der Waals surface area contributed by atoms with Gasteiger partial charge >= 0.3 is 33.3 Å². The van der Waals surface area contributed by atoms with E-state index in [0.717, 1.165) is 8.58 Å². The van der Waals surface area contributed by atoms with Crippen LogP contribution in [0.2, 0.25) is 0 Å². The molecule has 0 aliphatic heterocycles. The van der Waals surface area contributed by atoms with Crippen molar-refractivity contribution >= 4 is 28.8 Å². The van der Waals surface area contributed by atoms with Crippen molar-refractivity contribution in [2.45, 2.75) is 12.3 Å². The largest absolute Gasteiger partial charge is 0.113 e. The van der Waals surface area contributed by atoms with Gasteiger partial charge in [-0.25, -0.2) is 0 Å². The molecule has 2 aromatic rings. The first-order chi connectivity index (χ1) is 8.86.